The number of nitrogens with zero attached hydrogens (tertiary/aromatic N) is 1. The molecule has 0 saturated heterocycles. The van der Waals surface area contributed by atoms with Gasteiger partial charge in [-0.05, 0) is 31.6 Å². The summed E-state index contributed by atoms with van der Waals surface area (Å²) in [7, 11) is 0. The lowest BCUT2D eigenvalue weighted by Crippen LogP contribution is -2.34. The van der Waals surface area contributed by atoms with E-state index in [4.69, 9.17) is 18.0 Å². The average molecular weight is 298 g/mol. The van der Waals surface area contributed by atoms with Crippen LogP contribution in [-0.2, 0) is 6.54 Å². The number of hydrogen-bond donors (Lipinski definition) is 3. The average Bonchev–Trinajstić information content (AvgIpc) is 2.59. The molecule has 0 aliphatic carbocycles. The molecule has 0 spiro atoms. The molecule has 0 saturated carbocycles. The van der Waals surface area contributed by atoms with Crippen LogP contribution < -0.4 is 16.6 Å². The van der Waals surface area contributed by atoms with E-state index in [2.05, 4.69) is 10.3 Å². The van der Waals surface area contributed by atoms with Gasteiger partial charge in [0.15, 0.2) is 4.77 Å². The highest BCUT2D eigenvalue weighted by Gasteiger charge is 2.12. The van der Waals surface area contributed by atoms with Crippen molar-refractivity contribution >= 4 is 39.8 Å². The lowest BCUT2D eigenvalue weighted by molar-refractivity contribution is 0.248. The van der Waals surface area contributed by atoms with Crippen LogP contribution in [0.4, 0.5) is 4.79 Å². The van der Waals surface area contributed by atoms with E-state index in [1.165, 1.54) is 15.9 Å². The van der Waals surface area contributed by atoms with E-state index in [0.717, 1.165) is 15.3 Å². The highest BCUT2D eigenvalue weighted by Crippen LogP contribution is 2.25. The van der Waals surface area contributed by atoms with Crippen molar-refractivity contribution in [2.24, 2.45) is 5.73 Å². The van der Waals surface area contributed by atoms with Crippen molar-refractivity contribution in [3.8, 4) is 0 Å². The molecule has 2 amide bonds. The van der Waals surface area contributed by atoms with Crippen molar-refractivity contribution in [1.82, 2.24) is 14.9 Å². The van der Waals surface area contributed by atoms with Gasteiger partial charge in [-0.15, -0.1) is 11.3 Å². The fraction of sp³-hybridized carbons (Fsp3) is 0.364. The molecule has 2 heterocycles. The topological polar surface area (TPSA) is 92.9 Å². The number of aromatic nitrogens is 2. The first-order valence-corrected chi connectivity index (χ1v) is 6.90. The highest BCUT2D eigenvalue weighted by atomic mass is 32.1. The van der Waals surface area contributed by atoms with E-state index in [9.17, 15) is 9.59 Å². The monoisotopic (exact) mass is 298 g/mol. The van der Waals surface area contributed by atoms with Crippen LogP contribution in [0, 0.1) is 18.6 Å². The van der Waals surface area contributed by atoms with E-state index in [1.54, 1.807) is 0 Å². The van der Waals surface area contributed by atoms with Crippen LogP contribution >= 0.6 is 23.6 Å². The van der Waals surface area contributed by atoms with Gasteiger partial charge in [-0.1, -0.05) is 0 Å². The zero-order valence-corrected chi connectivity index (χ0v) is 12.2. The van der Waals surface area contributed by atoms with Gasteiger partial charge in [0.05, 0.1) is 5.39 Å². The van der Waals surface area contributed by atoms with E-state index in [1.807, 2.05) is 13.8 Å². The molecule has 0 aliphatic heterocycles. The Labute approximate surface area is 118 Å². The fourth-order valence-electron chi connectivity index (χ4n) is 1.86. The number of carbonyl (C=O) groups is 1. The maximum atomic E-state index is 12.4. The molecule has 0 aromatic carbocycles. The third kappa shape index (κ3) is 2.54. The molecule has 2 aromatic heterocycles. The third-order valence-electron chi connectivity index (χ3n) is 2.94. The molecule has 6 nitrogen and oxygen atoms in total. The Morgan fingerprint density at radius 2 is 2.21 bits per heavy atom. The van der Waals surface area contributed by atoms with Gasteiger partial charge in [0.2, 0.25) is 0 Å². The molecular weight excluding hydrogens is 284 g/mol. The Hall–Kier alpha value is -1.67. The number of carbonyl (C=O) groups excluding carboxylic acids is 1. The van der Waals surface area contributed by atoms with Crippen LogP contribution in [0.2, 0.25) is 0 Å². The number of nitrogens with two attached hydrogens (primary N) is 1. The molecule has 2 aromatic rings. The minimum atomic E-state index is -0.619. The van der Waals surface area contributed by atoms with Crippen LogP contribution in [0.3, 0.4) is 0 Å². The van der Waals surface area contributed by atoms with Gasteiger partial charge in [-0.25, -0.2) is 4.79 Å². The summed E-state index contributed by atoms with van der Waals surface area (Å²) in [4.78, 5) is 28.0. The van der Waals surface area contributed by atoms with Gasteiger partial charge in [0.25, 0.3) is 5.56 Å². The minimum absolute atomic E-state index is 0.133. The second-order valence-electron chi connectivity index (χ2n) is 4.17. The number of aromatic amines is 1. The Morgan fingerprint density at radius 3 is 2.84 bits per heavy atom. The zero-order valence-electron chi connectivity index (χ0n) is 10.6. The second-order valence-corrected chi connectivity index (χ2v) is 5.78. The van der Waals surface area contributed by atoms with Gasteiger partial charge < -0.3 is 16.0 Å². The maximum Gasteiger partial charge on any atom is 0.312 e. The number of aryl methyl sites for hydroxylation is 2. The van der Waals surface area contributed by atoms with Crippen LogP contribution in [-0.4, -0.2) is 22.1 Å². The number of rotatable bonds is 3. The number of urea groups is 1. The number of nitrogens with one attached hydrogen (secondary N) is 2. The largest absolute Gasteiger partial charge is 0.352 e. The molecule has 0 aliphatic rings. The summed E-state index contributed by atoms with van der Waals surface area (Å²) in [6, 6.07) is -0.619. The number of primary amides is 1. The molecule has 8 heteroatoms. The SMILES string of the molecule is Cc1sc2[nH]c(=S)n(CCNC(N)=O)c(=O)c2c1C. The summed E-state index contributed by atoms with van der Waals surface area (Å²) < 4.78 is 1.79. The summed E-state index contributed by atoms with van der Waals surface area (Å²) >= 11 is 6.69. The molecule has 0 fully saturated rings. The summed E-state index contributed by atoms with van der Waals surface area (Å²) in [5, 5.41) is 3.10. The smallest absolute Gasteiger partial charge is 0.312 e. The zero-order chi connectivity index (χ0) is 14.2. The van der Waals surface area contributed by atoms with Crippen molar-refractivity contribution in [2.75, 3.05) is 6.54 Å². The molecule has 0 unspecified atom stereocenters. The van der Waals surface area contributed by atoms with Crippen LogP contribution in [0.5, 0.6) is 0 Å². The van der Waals surface area contributed by atoms with Gasteiger partial charge in [-0.2, -0.15) is 0 Å². The molecule has 102 valence electrons. The Morgan fingerprint density at radius 1 is 1.53 bits per heavy atom. The van der Waals surface area contributed by atoms with Gasteiger partial charge in [0.1, 0.15) is 4.83 Å². The summed E-state index contributed by atoms with van der Waals surface area (Å²) in [5.41, 5.74) is 5.81. The predicted molar refractivity (Wildman–Crippen MR) is 78.3 cm³/mol. The second kappa shape index (κ2) is 5.14. The lowest BCUT2D eigenvalue weighted by atomic mass is 10.2. The van der Waals surface area contributed by atoms with E-state index in [-0.39, 0.29) is 12.1 Å². The summed E-state index contributed by atoms with van der Waals surface area (Å²) in [5.74, 6) is 0. The Kier molecular flexibility index (Phi) is 3.72. The van der Waals surface area contributed by atoms with Crippen molar-refractivity contribution < 1.29 is 4.79 Å². The summed E-state index contributed by atoms with van der Waals surface area (Å²) in [6.07, 6.45) is 0. The first-order chi connectivity index (χ1) is 8.91. The first kappa shape index (κ1) is 13.8. The van der Waals surface area contributed by atoms with E-state index in [0.29, 0.717) is 16.7 Å². The van der Waals surface area contributed by atoms with Crippen molar-refractivity contribution in [3.05, 3.63) is 25.6 Å². The molecule has 2 rings (SSSR count). The summed E-state index contributed by atoms with van der Waals surface area (Å²) in [6.45, 7) is 4.44. The van der Waals surface area contributed by atoms with Gasteiger partial charge in [0, 0.05) is 18.0 Å². The number of hydrogen-bond acceptors (Lipinski definition) is 4. The predicted octanol–water partition coefficient (Wildman–Crippen LogP) is 1.41. The molecule has 0 radical (unpaired) electrons. The number of fused-ring (bicyclic) bond motifs is 1. The van der Waals surface area contributed by atoms with Crippen molar-refractivity contribution in [1.29, 1.82) is 0 Å². The maximum absolute atomic E-state index is 12.4. The number of thiophene rings is 1. The van der Waals surface area contributed by atoms with Gasteiger partial charge >= 0.3 is 6.03 Å². The molecule has 0 bridgehead atoms. The Balaban J connectivity index is 2.50. The van der Waals surface area contributed by atoms with Crippen LogP contribution in [0.25, 0.3) is 10.2 Å². The van der Waals surface area contributed by atoms with Gasteiger partial charge in [-0.3, -0.25) is 9.36 Å². The van der Waals surface area contributed by atoms with E-state index >= 15 is 0 Å². The third-order valence-corrected chi connectivity index (χ3v) is 4.39. The minimum Gasteiger partial charge on any atom is -0.352 e. The quantitative estimate of drug-likeness (QED) is 0.748. The first-order valence-electron chi connectivity index (χ1n) is 5.68. The van der Waals surface area contributed by atoms with Crippen molar-refractivity contribution in [3.63, 3.8) is 0 Å². The highest BCUT2D eigenvalue weighted by molar-refractivity contribution is 7.71. The fourth-order valence-corrected chi connectivity index (χ4v) is 3.25. The van der Waals surface area contributed by atoms with Crippen LogP contribution in [0.15, 0.2) is 4.79 Å². The normalized spacial score (nSPS) is 10.8. The lowest BCUT2D eigenvalue weighted by Gasteiger charge is -2.06. The van der Waals surface area contributed by atoms with Crippen molar-refractivity contribution in [2.45, 2.75) is 20.4 Å². The molecule has 19 heavy (non-hydrogen) atoms. The van der Waals surface area contributed by atoms with Crippen LogP contribution in [0.1, 0.15) is 10.4 Å². The number of H-pyrrole nitrogens is 1. The van der Waals surface area contributed by atoms with E-state index < -0.39 is 6.03 Å². The molecule has 4 N–H and O–H groups in total. The molecule has 0 atom stereocenters. The standard InChI is InChI=1S/C11H14N4O2S2/c1-5-6(2)19-8-7(5)9(16)15(11(18)14-8)4-3-13-10(12)17/h3-4H2,1-2H3,(H,14,18)(H3,12,13,17). The molecular formula is C11H14N4O2S2. The Bertz CT molecular complexity index is 756. The number of amides is 2.